The first-order valence-corrected chi connectivity index (χ1v) is 16.0. The van der Waals surface area contributed by atoms with Crippen LogP contribution >= 0.6 is 7.92 Å². The fraction of sp³-hybridized carbons (Fsp3) is 0.211. The molecule has 2 unspecified atom stereocenters. The third-order valence-electron chi connectivity index (χ3n) is 8.16. The Morgan fingerprint density at radius 3 is 1.85 bits per heavy atom. The summed E-state index contributed by atoms with van der Waals surface area (Å²) in [6, 6.07) is 41.9. The molecule has 40 heavy (non-hydrogen) atoms. The fourth-order valence-corrected chi connectivity index (χ4v) is 9.26. The van der Waals surface area contributed by atoms with Gasteiger partial charge in [-0.25, -0.2) is 0 Å². The minimum absolute atomic E-state index is 0.390. The van der Waals surface area contributed by atoms with Crippen LogP contribution in [0, 0.1) is 0 Å². The minimum Gasteiger partial charge on any atom is -0.488 e. The average Bonchev–Trinajstić information content (AvgIpc) is 2.99. The van der Waals surface area contributed by atoms with Gasteiger partial charge < -0.3 is 4.74 Å². The van der Waals surface area contributed by atoms with Crippen LogP contribution in [-0.2, 0) is 6.61 Å². The Labute approximate surface area is 239 Å². The predicted molar refractivity (Wildman–Crippen MR) is 177 cm³/mol. The minimum atomic E-state index is -0.390. The molecule has 0 bridgehead atoms. The Morgan fingerprint density at radius 2 is 1.18 bits per heavy atom. The normalized spacial score (nSPS) is 13.2. The molecule has 1 nitrogen and oxygen atoms in total. The molecule has 6 aromatic carbocycles. The summed E-state index contributed by atoms with van der Waals surface area (Å²) in [4.78, 5) is 0. The van der Waals surface area contributed by atoms with E-state index >= 15 is 0 Å². The second kappa shape index (κ2) is 11.4. The Kier molecular flexibility index (Phi) is 7.59. The number of fused-ring (bicyclic) bond motifs is 3. The lowest BCUT2D eigenvalue weighted by atomic mass is 9.93. The first-order chi connectivity index (χ1) is 19.5. The molecule has 2 heteroatoms. The number of hydrogen-bond acceptors (Lipinski definition) is 1. The summed E-state index contributed by atoms with van der Waals surface area (Å²) in [5, 5.41) is 9.07. The largest absolute Gasteiger partial charge is 0.488 e. The van der Waals surface area contributed by atoms with Gasteiger partial charge in [-0.3, -0.25) is 0 Å². The topological polar surface area (TPSA) is 9.23 Å². The summed E-state index contributed by atoms with van der Waals surface area (Å²) in [5.41, 5.74) is 4.97. The number of hydrogen-bond donors (Lipinski definition) is 0. The Hall–Kier alpha value is -3.67. The van der Waals surface area contributed by atoms with E-state index in [0.717, 1.165) is 5.75 Å². The first kappa shape index (κ1) is 26.5. The van der Waals surface area contributed by atoms with E-state index in [1.807, 2.05) is 0 Å². The SMILES string of the molecule is CCC(C)P(c1ccc2ccccc2c1-c1c(OCc2ccc3ccccc3c2)ccc2ccccc12)C(C)C. The summed E-state index contributed by atoms with van der Waals surface area (Å²) >= 11 is 0. The van der Waals surface area contributed by atoms with Crippen molar-refractivity contribution in [1.29, 1.82) is 0 Å². The van der Waals surface area contributed by atoms with Gasteiger partial charge in [-0.15, -0.1) is 0 Å². The van der Waals surface area contributed by atoms with Gasteiger partial charge in [0.25, 0.3) is 0 Å². The maximum absolute atomic E-state index is 6.77. The van der Waals surface area contributed by atoms with Crippen LogP contribution in [0.25, 0.3) is 43.4 Å². The highest BCUT2D eigenvalue weighted by Crippen LogP contribution is 2.51. The van der Waals surface area contributed by atoms with Gasteiger partial charge in [0.2, 0.25) is 0 Å². The second-order valence-electron chi connectivity index (χ2n) is 11.1. The smallest absolute Gasteiger partial charge is 0.128 e. The van der Waals surface area contributed by atoms with Gasteiger partial charge >= 0.3 is 0 Å². The summed E-state index contributed by atoms with van der Waals surface area (Å²) in [6.45, 7) is 10.1. The highest BCUT2D eigenvalue weighted by atomic mass is 31.1. The van der Waals surface area contributed by atoms with Crippen molar-refractivity contribution in [3.8, 4) is 16.9 Å². The monoisotopic (exact) mass is 540 g/mol. The zero-order valence-electron chi connectivity index (χ0n) is 23.9. The summed E-state index contributed by atoms with van der Waals surface area (Å²) in [5.74, 6) is 0.951. The molecule has 0 saturated carbocycles. The maximum atomic E-state index is 6.77. The quantitative estimate of drug-likeness (QED) is 0.174. The predicted octanol–water partition coefficient (Wildman–Crippen LogP) is 10.7. The van der Waals surface area contributed by atoms with Crippen LogP contribution in [0.15, 0.2) is 115 Å². The lowest BCUT2D eigenvalue weighted by molar-refractivity contribution is 0.308. The van der Waals surface area contributed by atoms with Crippen molar-refractivity contribution in [3.63, 3.8) is 0 Å². The van der Waals surface area contributed by atoms with Crippen molar-refractivity contribution in [1.82, 2.24) is 0 Å². The van der Waals surface area contributed by atoms with E-state index in [9.17, 15) is 0 Å². The molecule has 0 heterocycles. The Balaban J connectivity index is 1.57. The van der Waals surface area contributed by atoms with Gasteiger partial charge in [-0.05, 0) is 73.1 Å². The lowest BCUT2D eigenvalue weighted by Gasteiger charge is -2.31. The summed E-state index contributed by atoms with van der Waals surface area (Å²) < 4.78 is 6.77. The molecule has 6 aromatic rings. The molecule has 0 spiro atoms. The van der Waals surface area contributed by atoms with Crippen molar-refractivity contribution in [2.24, 2.45) is 0 Å². The molecule has 2 atom stereocenters. The van der Waals surface area contributed by atoms with E-state index < -0.39 is 7.92 Å². The molecule has 0 aliphatic rings. The number of benzene rings is 6. The van der Waals surface area contributed by atoms with Crippen molar-refractivity contribution >= 4 is 45.5 Å². The van der Waals surface area contributed by atoms with E-state index in [4.69, 9.17) is 4.74 Å². The van der Waals surface area contributed by atoms with Gasteiger partial charge in [-0.2, -0.15) is 0 Å². The third kappa shape index (κ3) is 5.00. The van der Waals surface area contributed by atoms with Crippen molar-refractivity contribution in [3.05, 3.63) is 121 Å². The van der Waals surface area contributed by atoms with Crippen LogP contribution in [0.5, 0.6) is 5.75 Å². The molecule has 6 rings (SSSR count). The van der Waals surface area contributed by atoms with Crippen LogP contribution in [0.3, 0.4) is 0 Å². The third-order valence-corrected chi connectivity index (χ3v) is 11.5. The average molecular weight is 541 g/mol. The zero-order valence-corrected chi connectivity index (χ0v) is 24.8. The standard InChI is InChI=1S/C38H37OP/c1-5-27(4)40(26(2)3)36-23-21-31-14-9-11-17-34(31)38(36)37-33-16-10-8-13-30(33)20-22-35(37)39-25-28-18-19-29-12-6-7-15-32(29)24-28/h6-24,26-27H,5,25H2,1-4H3. The second-order valence-corrected chi connectivity index (χ2v) is 14.3. The molecule has 0 amide bonds. The molecule has 200 valence electrons. The van der Waals surface area contributed by atoms with Crippen LogP contribution in [-0.4, -0.2) is 11.3 Å². The first-order valence-electron chi connectivity index (χ1n) is 14.5. The summed E-state index contributed by atoms with van der Waals surface area (Å²) in [6.07, 6.45) is 1.18. The lowest BCUT2D eigenvalue weighted by Crippen LogP contribution is -2.19. The van der Waals surface area contributed by atoms with Crippen LogP contribution in [0.4, 0.5) is 0 Å². The fourth-order valence-electron chi connectivity index (χ4n) is 6.08. The molecular weight excluding hydrogens is 503 g/mol. The molecule has 0 aliphatic carbocycles. The molecular formula is C38H37OP. The number of ether oxygens (including phenoxy) is 1. The highest BCUT2D eigenvalue weighted by Gasteiger charge is 2.27. The van der Waals surface area contributed by atoms with E-state index in [2.05, 4.69) is 143 Å². The molecule has 0 N–H and O–H groups in total. The molecule has 0 saturated heterocycles. The van der Waals surface area contributed by atoms with Crippen molar-refractivity contribution in [2.75, 3.05) is 0 Å². The van der Waals surface area contributed by atoms with Crippen molar-refractivity contribution in [2.45, 2.75) is 52.0 Å². The van der Waals surface area contributed by atoms with E-state index in [-0.39, 0.29) is 0 Å². The Morgan fingerprint density at radius 1 is 0.600 bits per heavy atom. The van der Waals surface area contributed by atoms with Crippen LogP contribution in [0.2, 0.25) is 0 Å². The van der Waals surface area contributed by atoms with Crippen molar-refractivity contribution < 1.29 is 4.74 Å². The van der Waals surface area contributed by atoms with Gasteiger partial charge in [0.1, 0.15) is 12.4 Å². The molecule has 0 aromatic heterocycles. The summed E-state index contributed by atoms with van der Waals surface area (Å²) in [7, 11) is -0.390. The van der Waals surface area contributed by atoms with E-state index in [1.54, 1.807) is 0 Å². The Bertz CT molecular complexity index is 1800. The molecule has 0 radical (unpaired) electrons. The molecule has 0 aliphatic heterocycles. The van der Waals surface area contributed by atoms with Gasteiger partial charge in [0, 0.05) is 11.1 Å². The van der Waals surface area contributed by atoms with Gasteiger partial charge in [0.15, 0.2) is 0 Å². The van der Waals surface area contributed by atoms with Gasteiger partial charge in [-0.1, -0.05) is 139 Å². The highest BCUT2D eigenvalue weighted by molar-refractivity contribution is 7.67. The van der Waals surface area contributed by atoms with Crippen LogP contribution in [0.1, 0.15) is 39.7 Å². The zero-order chi connectivity index (χ0) is 27.6. The maximum Gasteiger partial charge on any atom is 0.128 e. The van der Waals surface area contributed by atoms with E-state index in [0.29, 0.717) is 17.9 Å². The van der Waals surface area contributed by atoms with Gasteiger partial charge in [0.05, 0.1) is 0 Å². The number of rotatable bonds is 8. The van der Waals surface area contributed by atoms with E-state index in [1.165, 1.54) is 60.7 Å². The molecule has 0 fully saturated rings. The van der Waals surface area contributed by atoms with Crippen LogP contribution < -0.4 is 10.0 Å².